The van der Waals surface area contributed by atoms with Crippen LogP contribution in [0.3, 0.4) is 0 Å². The van der Waals surface area contributed by atoms with Gasteiger partial charge in [0.2, 0.25) is 0 Å². The molecule has 1 aliphatic rings. The number of rotatable bonds is 2. The van der Waals surface area contributed by atoms with Gasteiger partial charge < -0.3 is 4.84 Å². The van der Waals surface area contributed by atoms with Gasteiger partial charge in [0.05, 0.1) is 21.7 Å². The van der Waals surface area contributed by atoms with Crippen LogP contribution in [-0.4, -0.2) is 22.8 Å². The van der Waals surface area contributed by atoms with Gasteiger partial charge in [-0.15, -0.1) is 0 Å². The van der Waals surface area contributed by atoms with E-state index in [-0.39, 0.29) is 21.7 Å². The van der Waals surface area contributed by atoms with Crippen molar-refractivity contribution in [3.05, 3.63) is 69.7 Å². The molecule has 2 aromatic rings. The van der Waals surface area contributed by atoms with Crippen LogP contribution >= 0.6 is 11.6 Å². The number of hydroxylamine groups is 2. The number of benzene rings is 2. The van der Waals surface area contributed by atoms with Crippen molar-refractivity contribution in [3.63, 3.8) is 0 Å². The SMILES string of the molecule is Cc1ccc(Cl)c(C(=O)ON2C(=O)c3ccccc3C2=O)c1. The lowest BCUT2D eigenvalue weighted by molar-refractivity contribution is -0.0584. The Labute approximate surface area is 131 Å². The van der Waals surface area contributed by atoms with E-state index in [1.807, 2.05) is 0 Å². The highest BCUT2D eigenvalue weighted by Gasteiger charge is 2.39. The first-order chi connectivity index (χ1) is 10.5. The predicted molar refractivity (Wildman–Crippen MR) is 78.5 cm³/mol. The Balaban J connectivity index is 1.89. The van der Waals surface area contributed by atoms with Crippen LogP contribution in [0.25, 0.3) is 0 Å². The van der Waals surface area contributed by atoms with E-state index in [0.29, 0.717) is 5.06 Å². The molecule has 5 nitrogen and oxygen atoms in total. The molecule has 0 fully saturated rings. The molecule has 1 heterocycles. The van der Waals surface area contributed by atoms with Gasteiger partial charge in [-0.25, -0.2) is 4.79 Å². The molecule has 3 rings (SSSR count). The van der Waals surface area contributed by atoms with Gasteiger partial charge >= 0.3 is 5.97 Å². The largest absolute Gasteiger partial charge is 0.365 e. The summed E-state index contributed by atoms with van der Waals surface area (Å²) in [5.74, 6) is -2.20. The normalized spacial score (nSPS) is 13.3. The Hall–Kier alpha value is -2.66. The quantitative estimate of drug-likeness (QED) is 0.799. The number of carbonyl (C=O) groups is 3. The van der Waals surface area contributed by atoms with Crippen LogP contribution in [0, 0.1) is 6.92 Å². The molecular weight excluding hydrogens is 306 g/mol. The Kier molecular flexibility index (Phi) is 3.42. The van der Waals surface area contributed by atoms with Crippen LogP contribution in [0.15, 0.2) is 42.5 Å². The second-order valence-electron chi connectivity index (χ2n) is 4.81. The Morgan fingerprint density at radius 3 is 2.23 bits per heavy atom. The van der Waals surface area contributed by atoms with Gasteiger partial charge in [-0.1, -0.05) is 40.4 Å². The minimum absolute atomic E-state index is 0.0956. The van der Waals surface area contributed by atoms with Gasteiger partial charge in [-0.05, 0) is 31.2 Å². The van der Waals surface area contributed by atoms with Gasteiger partial charge in [-0.3, -0.25) is 9.59 Å². The molecular formula is C16H10ClNO4. The maximum absolute atomic E-state index is 12.2. The zero-order chi connectivity index (χ0) is 15.9. The topological polar surface area (TPSA) is 63.7 Å². The van der Waals surface area contributed by atoms with E-state index in [0.717, 1.165) is 5.56 Å². The number of aryl methyl sites for hydroxylation is 1. The highest BCUT2D eigenvalue weighted by atomic mass is 35.5. The van der Waals surface area contributed by atoms with Crippen molar-refractivity contribution in [2.24, 2.45) is 0 Å². The van der Waals surface area contributed by atoms with E-state index >= 15 is 0 Å². The van der Waals surface area contributed by atoms with Gasteiger partial charge in [0.15, 0.2) is 0 Å². The lowest BCUT2D eigenvalue weighted by Crippen LogP contribution is -2.32. The van der Waals surface area contributed by atoms with Crippen LogP contribution in [0.4, 0.5) is 0 Å². The minimum atomic E-state index is -0.858. The molecule has 110 valence electrons. The third-order valence-corrected chi connectivity index (χ3v) is 3.60. The number of nitrogens with zero attached hydrogens (tertiary/aromatic N) is 1. The van der Waals surface area contributed by atoms with E-state index in [2.05, 4.69) is 0 Å². The maximum atomic E-state index is 12.2. The van der Waals surface area contributed by atoms with Crippen LogP contribution in [0.5, 0.6) is 0 Å². The van der Waals surface area contributed by atoms with Gasteiger partial charge in [0.25, 0.3) is 11.8 Å². The summed E-state index contributed by atoms with van der Waals surface area (Å²) < 4.78 is 0. The molecule has 0 saturated heterocycles. The van der Waals surface area contributed by atoms with Crippen molar-refractivity contribution in [2.45, 2.75) is 6.92 Å². The lowest BCUT2D eigenvalue weighted by atomic mass is 10.1. The van der Waals surface area contributed by atoms with Crippen molar-refractivity contribution < 1.29 is 19.2 Å². The van der Waals surface area contributed by atoms with Gasteiger partial charge in [0, 0.05) is 0 Å². The fourth-order valence-electron chi connectivity index (χ4n) is 2.18. The van der Waals surface area contributed by atoms with Crippen LogP contribution in [0.1, 0.15) is 36.6 Å². The van der Waals surface area contributed by atoms with E-state index < -0.39 is 17.8 Å². The Morgan fingerprint density at radius 1 is 1.05 bits per heavy atom. The zero-order valence-electron chi connectivity index (χ0n) is 11.5. The molecule has 0 aromatic heterocycles. The number of carbonyl (C=O) groups excluding carboxylic acids is 3. The highest BCUT2D eigenvalue weighted by Crippen LogP contribution is 2.25. The second-order valence-corrected chi connectivity index (χ2v) is 5.22. The summed E-state index contributed by atoms with van der Waals surface area (Å²) in [6.45, 7) is 1.79. The Morgan fingerprint density at radius 2 is 1.64 bits per heavy atom. The lowest BCUT2D eigenvalue weighted by Gasteiger charge is -2.13. The van der Waals surface area contributed by atoms with Crippen molar-refractivity contribution in [1.29, 1.82) is 0 Å². The first-order valence-corrected chi connectivity index (χ1v) is 6.83. The summed E-state index contributed by atoms with van der Waals surface area (Å²) in [7, 11) is 0. The monoisotopic (exact) mass is 315 g/mol. The number of fused-ring (bicyclic) bond motifs is 1. The summed E-state index contributed by atoms with van der Waals surface area (Å²) in [6.07, 6.45) is 0. The summed E-state index contributed by atoms with van der Waals surface area (Å²) in [5.41, 5.74) is 1.31. The third-order valence-electron chi connectivity index (χ3n) is 3.27. The van der Waals surface area contributed by atoms with E-state index in [4.69, 9.17) is 16.4 Å². The van der Waals surface area contributed by atoms with E-state index in [1.165, 1.54) is 18.2 Å². The number of hydrogen-bond donors (Lipinski definition) is 0. The smallest absolute Gasteiger partial charge is 0.324 e. The number of halogens is 1. The first kappa shape index (κ1) is 14.3. The number of amides is 2. The number of hydrogen-bond acceptors (Lipinski definition) is 4. The summed E-state index contributed by atoms with van der Waals surface area (Å²) in [6, 6.07) is 11.1. The summed E-state index contributed by atoms with van der Waals surface area (Å²) in [4.78, 5) is 41.4. The average Bonchev–Trinajstić information content (AvgIpc) is 2.75. The molecule has 0 radical (unpaired) electrons. The van der Waals surface area contributed by atoms with Crippen molar-refractivity contribution in [2.75, 3.05) is 0 Å². The zero-order valence-corrected chi connectivity index (χ0v) is 12.3. The molecule has 0 unspecified atom stereocenters. The second kappa shape index (κ2) is 5.27. The molecule has 0 saturated carbocycles. The summed E-state index contributed by atoms with van der Waals surface area (Å²) in [5, 5.41) is 0.651. The van der Waals surface area contributed by atoms with Crippen LogP contribution < -0.4 is 0 Å². The maximum Gasteiger partial charge on any atom is 0.365 e. The molecule has 2 aromatic carbocycles. The van der Waals surface area contributed by atoms with Crippen molar-refractivity contribution in [1.82, 2.24) is 5.06 Å². The fraction of sp³-hybridized carbons (Fsp3) is 0.0625. The predicted octanol–water partition coefficient (Wildman–Crippen LogP) is 3.02. The molecule has 0 N–H and O–H groups in total. The average molecular weight is 316 g/mol. The number of imide groups is 1. The minimum Gasteiger partial charge on any atom is -0.324 e. The standard InChI is InChI=1S/C16H10ClNO4/c1-9-6-7-13(17)12(8-9)16(21)22-18-14(19)10-4-2-3-5-11(10)15(18)20/h2-8H,1H3. The molecule has 0 aliphatic carbocycles. The molecule has 0 spiro atoms. The summed E-state index contributed by atoms with van der Waals surface area (Å²) >= 11 is 5.95. The molecule has 1 aliphatic heterocycles. The van der Waals surface area contributed by atoms with E-state index in [9.17, 15) is 14.4 Å². The molecule has 0 bridgehead atoms. The Bertz CT molecular complexity index is 781. The molecule has 6 heteroatoms. The molecule has 0 atom stereocenters. The highest BCUT2D eigenvalue weighted by molar-refractivity contribution is 6.33. The fourth-order valence-corrected chi connectivity index (χ4v) is 2.37. The van der Waals surface area contributed by atoms with Crippen LogP contribution in [0.2, 0.25) is 5.02 Å². The molecule has 2 amide bonds. The van der Waals surface area contributed by atoms with Gasteiger partial charge in [-0.2, -0.15) is 0 Å². The molecule has 22 heavy (non-hydrogen) atoms. The van der Waals surface area contributed by atoms with Crippen molar-refractivity contribution in [3.8, 4) is 0 Å². The van der Waals surface area contributed by atoms with Crippen LogP contribution in [-0.2, 0) is 4.84 Å². The third kappa shape index (κ3) is 2.25. The van der Waals surface area contributed by atoms with Crippen molar-refractivity contribution >= 4 is 29.4 Å². The first-order valence-electron chi connectivity index (χ1n) is 6.45. The van der Waals surface area contributed by atoms with E-state index in [1.54, 1.807) is 31.2 Å². The van der Waals surface area contributed by atoms with Gasteiger partial charge in [0.1, 0.15) is 0 Å².